The zero-order valence-corrected chi connectivity index (χ0v) is 11.0. The summed E-state index contributed by atoms with van der Waals surface area (Å²) in [6, 6.07) is 10.1. The van der Waals surface area contributed by atoms with Crippen molar-refractivity contribution in [2.24, 2.45) is 0 Å². The molecule has 3 rings (SSSR count). The molecule has 2 aromatic heterocycles. The Morgan fingerprint density at radius 2 is 2.22 bits per heavy atom. The first kappa shape index (κ1) is 11.4. The van der Waals surface area contributed by atoms with Gasteiger partial charge in [-0.1, -0.05) is 18.2 Å². The molecule has 1 N–H and O–H groups in total. The summed E-state index contributed by atoms with van der Waals surface area (Å²) in [6.07, 6.45) is 0.960. The van der Waals surface area contributed by atoms with Gasteiger partial charge in [0.25, 0.3) is 0 Å². The summed E-state index contributed by atoms with van der Waals surface area (Å²) in [5, 5.41) is 7.45. The summed E-state index contributed by atoms with van der Waals surface area (Å²) in [5.41, 5.74) is 1.85. The highest BCUT2D eigenvalue weighted by molar-refractivity contribution is 7.09. The molecule has 0 fully saturated rings. The fraction of sp³-hybridized carbons (Fsp3) is 0.214. The van der Waals surface area contributed by atoms with Gasteiger partial charge in [0.15, 0.2) is 5.76 Å². The van der Waals surface area contributed by atoms with Crippen LogP contribution in [0.1, 0.15) is 5.01 Å². The molecule has 0 aliphatic rings. The average Bonchev–Trinajstić information content (AvgIpc) is 3.02. The Labute approximate surface area is 109 Å². The standard InChI is InChI=1S/C14H14N2OS/c1-15-7-6-14-16-11(9-18-14)13-8-10-4-2-3-5-12(10)17-13/h2-5,8-9,15H,6-7H2,1H3. The van der Waals surface area contributed by atoms with Crippen molar-refractivity contribution >= 4 is 22.3 Å². The van der Waals surface area contributed by atoms with Crippen molar-refractivity contribution in [3.05, 3.63) is 40.7 Å². The molecule has 0 saturated carbocycles. The number of hydrogen-bond donors (Lipinski definition) is 1. The summed E-state index contributed by atoms with van der Waals surface area (Å²) in [7, 11) is 1.95. The SMILES string of the molecule is CNCCc1nc(-c2cc3ccccc3o2)cs1. The highest BCUT2D eigenvalue weighted by atomic mass is 32.1. The van der Waals surface area contributed by atoms with Crippen LogP contribution in [0.2, 0.25) is 0 Å². The van der Waals surface area contributed by atoms with Gasteiger partial charge in [-0.25, -0.2) is 4.98 Å². The van der Waals surface area contributed by atoms with E-state index >= 15 is 0 Å². The summed E-state index contributed by atoms with van der Waals surface area (Å²) in [4.78, 5) is 4.60. The van der Waals surface area contributed by atoms with Crippen LogP contribution in [0.3, 0.4) is 0 Å². The maximum atomic E-state index is 5.80. The van der Waals surface area contributed by atoms with Crippen molar-refractivity contribution < 1.29 is 4.42 Å². The number of furan rings is 1. The smallest absolute Gasteiger partial charge is 0.154 e. The van der Waals surface area contributed by atoms with E-state index in [9.17, 15) is 0 Å². The van der Waals surface area contributed by atoms with Gasteiger partial charge in [-0.3, -0.25) is 0 Å². The lowest BCUT2D eigenvalue weighted by atomic mass is 10.2. The number of hydrogen-bond acceptors (Lipinski definition) is 4. The largest absolute Gasteiger partial charge is 0.454 e. The maximum Gasteiger partial charge on any atom is 0.154 e. The second-order valence-electron chi connectivity index (χ2n) is 4.13. The molecule has 0 saturated heterocycles. The zero-order valence-electron chi connectivity index (χ0n) is 10.1. The van der Waals surface area contributed by atoms with Crippen LogP contribution in [0.15, 0.2) is 40.1 Å². The normalized spacial score (nSPS) is 11.2. The highest BCUT2D eigenvalue weighted by Gasteiger charge is 2.09. The van der Waals surface area contributed by atoms with Gasteiger partial charge in [0.2, 0.25) is 0 Å². The molecule has 3 nitrogen and oxygen atoms in total. The Bertz CT molecular complexity index is 623. The molecule has 0 amide bonds. The third kappa shape index (κ3) is 2.17. The van der Waals surface area contributed by atoms with Crippen molar-refractivity contribution in [2.75, 3.05) is 13.6 Å². The third-order valence-electron chi connectivity index (χ3n) is 2.82. The predicted octanol–water partition coefficient (Wildman–Crippen LogP) is 3.32. The van der Waals surface area contributed by atoms with Gasteiger partial charge in [-0.05, 0) is 19.2 Å². The third-order valence-corrected chi connectivity index (χ3v) is 3.73. The minimum atomic E-state index is 0.850. The number of aromatic nitrogens is 1. The number of rotatable bonds is 4. The van der Waals surface area contributed by atoms with E-state index in [4.69, 9.17) is 4.42 Å². The minimum absolute atomic E-state index is 0.850. The van der Waals surface area contributed by atoms with E-state index in [1.807, 2.05) is 31.3 Å². The lowest BCUT2D eigenvalue weighted by molar-refractivity contribution is 0.629. The van der Waals surface area contributed by atoms with Gasteiger partial charge < -0.3 is 9.73 Å². The first-order valence-corrected chi connectivity index (χ1v) is 6.83. The van der Waals surface area contributed by atoms with Crippen LogP contribution >= 0.6 is 11.3 Å². The van der Waals surface area contributed by atoms with Gasteiger partial charge in [-0.15, -0.1) is 11.3 Å². The number of thiazole rings is 1. The summed E-state index contributed by atoms with van der Waals surface area (Å²) in [6.45, 7) is 0.951. The number of benzene rings is 1. The molecule has 4 heteroatoms. The number of nitrogens with one attached hydrogen (secondary N) is 1. The molecule has 0 bridgehead atoms. The van der Waals surface area contributed by atoms with Gasteiger partial charge >= 0.3 is 0 Å². The fourth-order valence-corrected chi connectivity index (χ4v) is 2.67. The van der Waals surface area contributed by atoms with Crippen LogP contribution in [-0.4, -0.2) is 18.6 Å². The van der Waals surface area contributed by atoms with Crippen molar-refractivity contribution in [1.82, 2.24) is 10.3 Å². The molecular formula is C14H14N2OS. The van der Waals surface area contributed by atoms with E-state index in [2.05, 4.69) is 21.7 Å². The lowest BCUT2D eigenvalue weighted by Gasteiger charge is -1.93. The first-order chi connectivity index (χ1) is 8.86. The van der Waals surface area contributed by atoms with Crippen LogP contribution in [0.5, 0.6) is 0 Å². The van der Waals surface area contributed by atoms with Crippen molar-refractivity contribution in [3.63, 3.8) is 0 Å². The molecule has 0 unspecified atom stereocenters. The number of fused-ring (bicyclic) bond motifs is 1. The predicted molar refractivity (Wildman–Crippen MR) is 75.0 cm³/mol. The van der Waals surface area contributed by atoms with E-state index in [0.29, 0.717) is 0 Å². The quantitative estimate of drug-likeness (QED) is 0.780. The molecule has 0 aliphatic carbocycles. The van der Waals surface area contributed by atoms with Crippen molar-refractivity contribution in [2.45, 2.75) is 6.42 Å². The van der Waals surface area contributed by atoms with Crippen LogP contribution < -0.4 is 5.32 Å². The van der Waals surface area contributed by atoms with Gasteiger partial charge in [0.1, 0.15) is 11.3 Å². The first-order valence-electron chi connectivity index (χ1n) is 5.95. The summed E-state index contributed by atoms with van der Waals surface area (Å²) < 4.78 is 5.80. The Kier molecular flexibility index (Phi) is 3.13. The van der Waals surface area contributed by atoms with Crippen molar-refractivity contribution in [1.29, 1.82) is 0 Å². The molecule has 1 aromatic carbocycles. The van der Waals surface area contributed by atoms with Crippen molar-refractivity contribution in [3.8, 4) is 11.5 Å². The minimum Gasteiger partial charge on any atom is -0.454 e. The molecule has 3 aromatic rings. The topological polar surface area (TPSA) is 38.1 Å². The molecule has 2 heterocycles. The molecule has 0 atom stereocenters. The Hall–Kier alpha value is -1.65. The number of likely N-dealkylation sites (N-methyl/N-ethyl adjacent to an activating group) is 1. The fourth-order valence-electron chi connectivity index (χ4n) is 1.88. The van der Waals surface area contributed by atoms with E-state index < -0.39 is 0 Å². The van der Waals surface area contributed by atoms with E-state index in [-0.39, 0.29) is 0 Å². The van der Waals surface area contributed by atoms with Crippen LogP contribution in [0.4, 0.5) is 0 Å². The van der Waals surface area contributed by atoms with E-state index in [1.54, 1.807) is 11.3 Å². The van der Waals surface area contributed by atoms with Gasteiger partial charge in [-0.2, -0.15) is 0 Å². The monoisotopic (exact) mass is 258 g/mol. The summed E-state index contributed by atoms with van der Waals surface area (Å²) >= 11 is 1.68. The molecule has 0 spiro atoms. The van der Waals surface area contributed by atoms with Crippen LogP contribution in [-0.2, 0) is 6.42 Å². The molecular weight excluding hydrogens is 244 g/mol. The van der Waals surface area contributed by atoms with Gasteiger partial charge in [0.05, 0.1) is 5.01 Å². The summed E-state index contributed by atoms with van der Waals surface area (Å²) in [5.74, 6) is 0.850. The maximum absolute atomic E-state index is 5.80. The second-order valence-corrected chi connectivity index (χ2v) is 5.07. The van der Waals surface area contributed by atoms with Crippen LogP contribution in [0, 0.1) is 0 Å². The molecule has 18 heavy (non-hydrogen) atoms. The van der Waals surface area contributed by atoms with E-state index in [1.165, 1.54) is 0 Å². The number of para-hydroxylation sites is 1. The average molecular weight is 258 g/mol. The second kappa shape index (κ2) is 4.92. The zero-order chi connectivity index (χ0) is 12.4. The lowest BCUT2D eigenvalue weighted by Crippen LogP contribution is -2.09. The Balaban J connectivity index is 1.91. The van der Waals surface area contributed by atoms with E-state index in [0.717, 1.165) is 40.4 Å². The molecule has 92 valence electrons. The van der Waals surface area contributed by atoms with Gasteiger partial charge in [0, 0.05) is 23.7 Å². The Morgan fingerprint density at radius 1 is 1.33 bits per heavy atom. The number of nitrogens with zero attached hydrogens (tertiary/aromatic N) is 1. The Morgan fingerprint density at radius 3 is 3.06 bits per heavy atom. The molecule has 0 radical (unpaired) electrons. The highest BCUT2D eigenvalue weighted by Crippen LogP contribution is 2.28. The van der Waals surface area contributed by atoms with Crippen LogP contribution in [0.25, 0.3) is 22.4 Å². The molecule has 0 aliphatic heterocycles.